The standard InChI is InChI=1S/C23H28ClN7.HI/c1-2-26-23(29-20-8-11-31(16-20)22-21(24)7-4-9-27-22)28-14-18-5-3-6-19(13-18)15-30-12-10-25-17-30;/h3-7,9-10,12-13,17,20H,2,8,11,14-16H2,1H3,(H2,26,28,29);1H. The highest BCUT2D eigenvalue weighted by atomic mass is 127. The average Bonchev–Trinajstić information content (AvgIpc) is 3.45. The summed E-state index contributed by atoms with van der Waals surface area (Å²) in [6.07, 6.45) is 8.41. The summed E-state index contributed by atoms with van der Waals surface area (Å²) in [6.45, 7) is 6.09. The van der Waals surface area contributed by atoms with Crippen molar-refractivity contribution in [1.82, 2.24) is 25.2 Å². The van der Waals surface area contributed by atoms with Crippen LogP contribution < -0.4 is 15.5 Å². The highest BCUT2D eigenvalue weighted by Gasteiger charge is 2.25. The second-order valence-corrected chi connectivity index (χ2v) is 8.04. The first-order valence-corrected chi connectivity index (χ1v) is 11.0. The minimum Gasteiger partial charge on any atom is -0.357 e. The van der Waals surface area contributed by atoms with E-state index < -0.39 is 0 Å². The number of anilines is 1. The summed E-state index contributed by atoms with van der Waals surface area (Å²) in [5.41, 5.74) is 2.42. The summed E-state index contributed by atoms with van der Waals surface area (Å²) < 4.78 is 2.06. The molecular formula is C23H29ClIN7. The number of rotatable bonds is 7. The van der Waals surface area contributed by atoms with Crippen molar-refractivity contribution in [1.29, 1.82) is 0 Å². The lowest BCUT2D eigenvalue weighted by Gasteiger charge is -2.20. The maximum Gasteiger partial charge on any atom is 0.191 e. The molecule has 1 aliphatic rings. The topological polar surface area (TPSA) is 70.4 Å². The zero-order valence-electron chi connectivity index (χ0n) is 18.1. The molecule has 0 saturated carbocycles. The van der Waals surface area contributed by atoms with Gasteiger partial charge in [0.2, 0.25) is 0 Å². The van der Waals surface area contributed by atoms with Crippen LogP contribution in [0.15, 0.2) is 66.3 Å². The second kappa shape index (κ2) is 12.1. The van der Waals surface area contributed by atoms with Gasteiger partial charge in [0.25, 0.3) is 0 Å². The molecule has 3 aromatic rings. The van der Waals surface area contributed by atoms with E-state index in [1.54, 1.807) is 12.4 Å². The maximum atomic E-state index is 6.32. The van der Waals surface area contributed by atoms with E-state index in [0.29, 0.717) is 17.6 Å². The van der Waals surface area contributed by atoms with Gasteiger partial charge in [0, 0.05) is 50.8 Å². The molecule has 1 saturated heterocycles. The normalized spacial score (nSPS) is 16.0. The average molecular weight is 566 g/mol. The Morgan fingerprint density at radius 2 is 2.09 bits per heavy atom. The summed E-state index contributed by atoms with van der Waals surface area (Å²) in [7, 11) is 0. The van der Waals surface area contributed by atoms with Crippen molar-refractivity contribution in [2.75, 3.05) is 24.5 Å². The number of halogens is 2. The number of hydrogen-bond acceptors (Lipinski definition) is 4. The third kappa shape index (κ3) is 6.59. The molecule has 0 spiro atoms. The van der Waals surface area contributed by atoms with E-state index in [-0.39, 0.29) is 24.0 Å². The highest BCUT2D eigenvalue weighted by molar-refractivity contribution is 14.0. The van der Waals surface area contributed by atoms with Crippen LogP contribution in [0.1, 0.15) is 24.5 Å². The van der Waals surface area contributed by atoms with Gasteiger partial charge in [0.05, 0.1) is 17.9 Å². The third-order valence-corrected chi connectivity index (χ3v) is 5.54. The van der Waals surface area contributed by atoms with Crippen LogP contribution in [0.2, 0.25) is 5.02 Å². The summed E-state index contributed by atoms with van der Waals surface area (Å²) >= 11 is 6.32. The SMILES string of the molecule is CCNC(=NCc1cccc(Cn2ccnc2)c1)NC1CCN(c2ncccc2Cl)C1.I. The fourth-order valence-corrected chi connectivity index (χ4v) is 4.02. The lowest BCUT2D eigenvalue weighted by atomic mass is 10.1. The molecule has 32 heavy (non-hydrogen) atoms. The molecule has 1 aliphatic heterocycles. The molecule has 0 aliphatic carbocycles. The molecule has 1 fully saturated rings. The fourth-order valence-electron chi connectivity index (χ4n) is 3.78. The van der Waals surface area contributed by atoms with Gasteiger partial charge in [0.1, 0.15) is 5.82 Å². The largest absolute Gasteiger partial charge is 0.357 e. The number of nitrogens with one attached hydrogen (secondary N) is 2. The Morgan fingerprint density at radius 1 is 1.22 bits per heavy atom. The van der Waals surface area contributed by atoms with Gasteiger partial charge in [-0.05, 0) is 36.6 Å². The first-order chi connectivity index (χ1) is 15.2. The number of aromatic nitrogens is 3. The minimum absolute atomic E-state index is 0. The van der Waals surface area contributed by atoms with Gasteiger partial charge < -0.3 is 20.1 Å². The van der Waals surface area contributed by atoms with E-state index in [4.69, 9.17) is 16.6 Å². The zero-order valence-corrected chi connectivity index (χ0v) is 21.2. The van der Waals surface area contributed by atoms with Crippen molar-refractivity contribution in [2.45, 2.75) is 32.5 Å². The number of pyridine rings is 1. The molecule has 0 bridgehead atoms. The number of nitrogens with zero attached hydrogens (tertiary/aromatic N) is 5. The van der Waals surface area contributed by atoms with Crippen LogP contribution in [0.5, 0.6) is 0 Å². The Kier molecular flexibility index (Phi) is 9.16. The van der Waals surface area contributed by atoms with Crippen molar-refractivity contribution >= 4 is 47.4 Å². The van der Waals surface area contributed by atoms with Crippen LogP contribution in [0.3, 0.4) is 0 Å². The van der Waals surface area contributed by atoms with Crippen molar-refractivity contribution in [3.63, 3.8) is 0 Å². The first kappa shape index (κ1) is 24.3. The Bertz CT molecular complexity index is 1010. The predicted octanol–water partition coefficient (Wildman–Crippen LogP) is 3.93. The fraction of sp³-hybridized carbons (Fsp3) is 0.348. The molecule has 1 atom stereocenters. The second-order valence-electron chi connectivity index (χ2n) is 7.63. The molecule has 0 radical (unpaired) electrons. The molecule has 4 rings (SSSR count). The summed E-state index contributed by atoms with van der Waals surface area (Å²) in [5, 5.41) is 7.63. The molecule has 9 heteroatoms. The number of benzene rings is 1. The number of aliphatic imine (C=N–C) groups is 1. The van der Waals surface area contributed by atoms with Crippen LogP contribution in [-0.4, -0.2) is 46.2 Å². The van der Waals surface area contributed by atoms with Crippen molar-refractivity contribution in [3.8, 4) is 0 Å². The third-order valence-electron chi connectivity index (χ3n) is 5.25. The molecule has 170 valence electrons. The molecule has 2 N–H and O–H groups in total. The van der Waals surface area contributed by atoms with E-state index in [1.165, 1.54) is 11.1 Å². The first-order valence-electron chi connectivity index (χ1n) is 10.6. The van der Waals surface area contributed by atoms with Crippen LogP contribution in [0.4, 0.5) is 5.82 Å². The van der Waals surface area contributed by atoms with E-state index >= 15 is 0 Å². The Balaban J connectivity index is 0.00000289. The lowest BCUT2D eigenvalue weighted by molar-refractivity contribution is 0.648. The smallest absolute Gasteiger partial charge is 0.191 e. The van der Waals surface area contributed by atoms with E-state index in [0.717, 1.165) is 44.4 Å². The van der Waals surface area contributed by atoms with Gasteiger partial charge in [-0.15, -0.1) is 24.0 Å². The summed E-state index contributed by atoms with van der Waals surface area (Å²) in [6, 6.07) is 12.6. The van der Waals surface area contributed by atoms with Gasteiger partial charge in [-0.3, -0.25) is 0 Å². The van der Waals surface area contributed by atoms with Gasteiger partial charge in [-0.25, -0.2) is 15.0 Å². The van der Waals surface area contributed by atoms with Crippen molar-refractivity contribution < 1.29 is 0 Å². The molecule has 3 heterocycles. The molecule has 2 aromatic heterocycles. The van der Waals surface area contributed by atoms with E-state index in [9.17, 15) is 0 Å². The summed E-state index contributed by atoms with van der Waals surface area (Å²) in [4.78, 5) is 15.6. The van der Waals surface area contributed by atoms with Gasteiger partial charge in [-0.2, -0.15) is 0 Å². The molecule has 1 aromatic carbocycles. The Morgan fingerprint density at radius 3 is 2.88 bits per heavy atom. The minimum atomic E-state index is 0. The van der Waals surface area contributed by atoms with Crippen LogP contribution >= 0.6 is 35.6 Å². The van der Waals surface area contributed by atoms with Crippen molar-refractivity contribution in [2.24, 2.45) is 4.99 Å². The molecule has 1 unspecified atom stereocenters. The Hall–Kier alpha value is -2.33. The van der Waals surface area contributed by atoms with Crippen LogP contribution in [0.25, 0.3) is 0 Å². The quantitative estimate of drug-likeness (QED) is 0.258. The molecule has 0 amide bonds. The van der Waals surface area contributed by atoms with Crippen LogP contribution in [-0.2, 0) is 13.1 Å². The van der Waals surface area contributed by atoms with E-state index in [1.807, 2.05) is 24.7 Å². The van der Waals surface area contributed by atoms with E-state index in [2.05, 4.69) is 61.3 Å². The maximum absolute atomic E-state index is 6.32. The zero-order chi connectivity index (χ0) is 21.5. The summed E-state index contributed by atoms with van der Waals surface area (Å²) in [5.74, 6) is 1.69. The number of imidazole rings is 1. The van der Waals surface area contributed by atoms with Gasteiger partial charge >= 0.3 is 0 Å². The molecular weight excluding hydrogens is 537 g/mol. The monoisotopic (exact) mass is 565 g/mol. The number of hydrogen-bond donors (Lipinski definition) is 2. The van der Waals surface area contributed by atoms with Gasteiger partial charge in [0.15, 0.2) is 5.96 Å². The van der Waals surface area contributed by atoms with Crippen LogP contribution in [0, 0.1) is 0 Å². The lowest BCUT2D eigenvalue weighted by Crippen LogP contribution is -2.44. The highest BCUT2D eigenvalue weighted by Crippen LogP contribution is 2.25. The molecule has 7 nitrogen and oxygen atoms in total. The number of guanidine groups is 1. The Labute approximate surface area is 211 Å². The van der Waals surface area contributed by atoms with Crippen molar-refractivity contribution in [3.05, 3.63) is 77.5 Å². The van der Waals surface area contributed by atoms with Gasteiger partial charge in [-0.1, -0.05) is 35.9 Å². The predicted molar refractivity (Wildman–Crippen MR) is 141 cm³/mol.